The molecule has 0 aromatic carbocycles. The molecule has 0 heterocycles. The molecule has 14 heavy (non-hydrogen) atoms. The summed E-state index contributed by atoms with van der Waals surface area (Å²) in [5.41, 5.74) is -0.760. The van der Waals surface area contributed by atoms with Crippen LogP contribution in [0.1, 0.15) is 27.7 Å². The normalized spacial score (nSPS) is 16.4. The van der Waals surface area contributed by atoms with Crippen molar-refractivity contribution in [2.24, 2.45) is 11.3 Å². The molecule has 0 aliphatic heterocycles. The molecule has 0 aromatic heterocycles. The fourth-order valence-corrected chi connectivity index (χ4v) is 0.851. The van der Waals surface area contributed by atoms with Crippen molar-refractivity contribution in [1.29, 1.82) is 0 Å². The minimum atomic E-state index is -0.811. The first-order valence-electron chi connectivity index (χ1n) is 4.89. The molecule has 84 valence electrons. The zero-order chi connectivity index (χ0) is 11.4. The largest absolute Gasteiger partial charge is 0.481 e. The van der Waals surface area contributed by atoms with Gasteiger partial charge in [-0.1, -0.05) is 6.92 Å². The second-order valence-corrected chi connectivity index (χ2v) is 4.52. The van der Waals surface area contributed by atoms with Crippen LogP contribution in [0.4, 0.5) is 0 Å². The monoisotopic (exact) mass is 203 g/mol. The summed E-state index contributed by atoms with van der Waals surface area (Å²) >= 11 is 0. The van der Waals surface area contributed by atoms with Gasteiger partial charge in [-0.05, 0) is 26.7 Å². The van der Waals surface area contributed by atoms with Crippen LogP contribution in [0.3, 0.4) is 0 Å². The van der Waals surface area contributed by atoms with E-state index < -0.39 is 11.4 Å². The Morgan fingerprint density at radius 1 is 1.43 bits per heavy atom. The highest BCUT2D eigenvalue weighted by atomic mass is 16.4. The van der Waals surface area contributed by atoms with E-state index in [2.05, 4.69) is 5.32 Å². The van der Waals surface area contributed by atoms with Gasteiger partial charge in [-0.3, -0.25) is 4.79 Å². The quantitative estimate of drug-likeness (QED) is 0.594. The zero-order valence-corrected chi connectivity index (χ0v) is 9.37. The van der Waals surface area contributed by atoms with Crippen LogP contribution in [-0.4, -0.2) is 35.4 Å². The predicted molar refractivity (Wildman–Crippen MR) is 55.1 cm³/mol. The van der Waals surface area contributed by atoms with E-state index in [1.54, 1.807) is 13.8 Å². The SMILES string of the molecule is CC(CO)C(C)NCC(C)(C)C(=O)O. The molecule has 2 atom stereocenters. The van der Waals surface area contributed by atoms with E-state index in [1.165, 1.54) is 0 Å². The van der Waals surface area contributed by atoms with E-state index in [0.717, 1.165) is 0 Å². The van der Waals surface area contributed by atoms with Crippen molar-refractivity contribution in [3.8, 4) is 0 Å². The fourth-order valence-electron chi connectivity index (χ4n) is 0.851. The molecule has 0 bridgehead atoms. The lowest BCUT2D eigenvalue weighted by Gasteiger charge is -2.25. The maximum absolute atomic E-state index is 10.8. The lowest BCUT2D eigenvalue weighted by Crippen LogP contribution is -2.42. The fraction of sp³-hybridized carbons (Fsp3) is 0.900. The van der Waals surface area contributed by atoms with Gasteiger partial charge in [0.15, 0.2) is 0 Å². The molecule has 0 aliphatic carbocycles. The smallest absolute Gasteiger partial charge is 0.310 e. The highest BCUT2D eigenvalue weighted by Crippen LogP contribution is 2.14. The molecule has 0 aliphatic rings. The second-order valence-electron chi connectivity index (χ2n) is 4.52. The Balaban J connectivity index is 3.99. The van der Waals surface area contributed by atoms with Gasteiger partial charge in [0.1, 0.15) is 0 Å². The molecule has 0 saturated heterocycles. The molecule has 0 saturated carbocycles. The standard InChI is InChI=1S/C10H21NO3/c1-7(5-12)8(2)11-6-10(3,4)9(13)14/h7-8,11-12H,5-6H2,1-4H3,(H,13,14). The predicted octanol–water partition coefficient (Wildman–Crippen LogP) is 0.704. The Morgan fingerprint density at radius 3 is 2.29 bits per heavy atom. The first-order chi connectivity index (χ1) is 6.31. The number of rotatable bonds is 6. The summed E-state index contributed by atoms with van der Waals surface area (Å²) < 4.78 is 0. The van der Waals surface area contributed by atoms with Crippen LogP contribution in [0.2, 0.25) is 0 Å². The van der Waals surface area contributed by atoms with Crippen molar-refractivity contribution >= 4 is 5.97 Å². The minimum absolute atomic E-state index is 0.113. The molecule has 0 rings (SSSR count). The average Bonchev–Trinajstić information content (AvgIpc) is 2.12. The molecule has 0 fully saturated rings. The summed E-state index contributed by atoms with van der Waals surface area (Å²) in [6, 6.07) is 0.124. The highest BCUT2D eigenvalue weighted by molar-refractivity contribution is 5.73. The van der Waals surface area contributed by atoms with Crippen LogP contribution >= 0.6 is 0 Å². The van der Waals surface area contributed by atoms with Crippen LogP contribution < -0.4 is 5.32 Å². The van der Waals surface area contributed by atoms with Crippen molar-refractivity contribution in [3.05, 3.63) is 0 Å². The third-order valence-electron chi connectivity index (χ3n) is 2.59. The number of aliphatic hydroxyl groups is 1. The van der Waals surface area contributed by atoms with Gasteiger partial charge in [-0.2, -0.15) is 0 Å². The van der Waals surface area contributed by atoms with Crippen LogP contribution in [0.5, 0.6) is 0 Å². The van der Waals surface area contributed by atoms with Gasteiger partial charge in [-0.15, -0.1) is 0 Å². The van der Waals surface area contributed by atoms with Crippen molar-refractivity contribution in [2.75, 3.05) is 13.2 Å². The van der Waals surface area contributed by atoms with Crippen molar-refractivity contribution in [1.82, 2.24) is 5.32 Å². The van der Waals surface area contributed by atoms with E-state index in [-0.39, 0.29) is 18.6 Å². The number of carboxylic acid groups (broad SMARTS) is 1. The van der Waals surface area contributed by atoms with E-state index in [1.807, 2.05) is 13.8 Å². The van der Waals surface area contributed by atoms with Crippen LogP contribution in [0.15, 0.2) is 0 Å². The first-order valence-corrected chi connectivity index (χ1v) is 4.89. The molecule has 0 amide bonds. The summed E-state index contributed by atoms with van der Waals surface area (Å²) in [6.45, 7) is 7.75. The summed E-state index contributed by atoms with van der Waals surface area (Å²) in [6.07, 6.45) is 0. The Hall–Kier alpha value is -0.610. The third-order valence-corrected chi connectivity index (χ3v) is 2.59. The number of carbonyl (C=O) groups is 1. The molecule has 2 unspecified atom stereocenters. The van der Waals surface area contributed by atoms with E-state index in [0.29, 0.717) is 6.54 Å². The summed E-state index contributed by atoms with van der Waals surface area (Å²) in [7, 11) is 0. The second kappa shape index (κ2) is 5.32. The molecule has 0 aromatic rings. The number of aliphatic hydroxyl groups excluding tert-OH is 1. The molecule has 3 N–H and O–H groups in total. The molecule has 0 spiro atoms. The van der Waals surface area contributed by atoms with E-state index in [4.69, 9.17) is 10.2 Å². The number of aliphatic carboxylic acids is 1. The highest BCUT2D eigenvalue weighted by Gasteiger charge is 2.27. The van der Waals surface area contributed by atoms with E-state index in [9.17, 15) is 4.79 Å². The lowest BCUT2D eigenvalue weighted by atomic mass is 9.93. The summed E-state index contributed by atoms with van der Waals surface area (Å²) in [5.74, 6) is -0.673. The van der Waals surface area contributed by atoms with Gasteiger partial charge in [0.05, 0.1) is 5.41 Å². The summed E-state index contributed by atoms with van der Waals surface area (Å²) in [4.78, 5) is 10.8. The topological polar surface area (TPSA) is 69.6 Å². The van der Waals surface area contributed by atoms with Gasteiger partial charge >= 0.3 is 5.97 Å². The number of nitrogens with one attached hydrogen (secondary N) is 1. The molecular weight excluding hydrogens is 182 g/mol. The zero-order valence-electron chi connectivity index (χ0n) is 9.37. The van der Waals surface area contributed by atoms with Gasteiger partial charge in [0, 0.05) is 19.2 Å². The number of carboxylic acids is 1. The van der Waals surface area contributed by atoms with Gasteiger partial charge in [0.25, 0.3) is 0 Å². The van der Waals surface area contributed by atoms with Crippen molar-refractivity contribution in [3.63, 3.8) is 0 Å². The van der Waals surface area contributed by atoms with Crippen LogP contribution in [0.25, 0.3) is 0 Å². The molecular formula is C10H21NO3. The third kappa shape index (κ3) is 4.07. The van der Waals surface area contributed by atoms with Gasteiger partial charge in [-0.25, -0.2) is 0 Å². The maximum Gasteiger partial charge on any atom is 0.310 e. The number of hydrogen-bond donors (Lipinski definition) is 3. The van der Waals surface area contributed by atoms with Crippen LogP contribution in [0, 0.1) is 11.3 Å². The number of hydrogen-bond acceptors (Lipinski definition) is 3. The van der Waals surface area contributed by atoms with Crippen molar-refractivity contribution < 1.29 is 15.0 Å². The van der Waals surface area contributed by atoms with Gasteiger partial charge < -0.3 is 15.5 Å². The minimum Gasteiger partial charge on any atom is -0.481 e. The lowest BCUT2D eigenvalue weighted by molar-refractivity contribution is -0.146. The average molecular weight is 203 g/mol. The van der Waals surface area contributed by atoms with E-state index >= 15 is 0 Å². The Bertz CT molecular complexity index is 192. The maximum atomic E-state index is 10.8. The molecule has 4 nitrogen and oxygen atoms in total. The molecule has 0 radical (unpaired) electrons. The Morgan fingerprint density at radius 2 is 1.93 bits per heavy atom. The first kappa shape index (κ1) is 13.4. The van der Waals surface area contributed by atoms with Crippen LogP contribution in [-0.2, 0) is 4.79 Å². The van der Waals surface area contributed by atoms with Gasteiger partial charge in [0.2, 0.25) is 0 Å². The molecule has 4 heteroatoms. The Kier molecular flexibility index (Phi) is 5.08. The Labute approximate surface area is 85.3 Å². The summed E-state index contributed by atoms with van der Waals surface area (Å²) in [5, 5.41) is 20.9. The van der Waals surface area contributed by atoms with Crippen molar-refractivity contribution in [2.45, 2.75) is 33.7 Å².